The molecule has 9 heteroatoms. The van der Waals surface area contributed by atoms with Gasteiger partial charge in [0.1, 0.15) is 28.9 Å². The molecule has 1 heterocycles. The molecular weight excluding hydrogens is 550 g/mol. The molecule has 0 saturated heterocycles. The summed E-state index contributed by atoms with van der Waals surface area (Å²) in [6.07, 6.45) is 0.671. The number of aryl methyl sites for hydroxylation is 2. The summed E-state index contributed by atoms with van der Waals surface area (Å²) >= 11 is 0. The molecule has 0 aliphatic heterocycles. The number of amides is 1. The Labute approximate surface area is 253 Å². The Morgan fingerprint density at radius 1 is 1.07 bits per heavy atom. The molecule has 3 N–H and O–H groups in total. The molecule has 3 unspecified atom stereocenters. The molecule has 0 fully saturated rings. The number of halogens is 2. The molecular formula is C34H44F2N4O3. The first-order chi connectivity index (χ1) is 20.1. The van der Waals surface area contributed by atoms with E-state index in [1.807, 2.05) is 6.92 Å². The number of alkyl carbamates (subject to hydrolysis) is 1. The minimum atomic E-state index is -1.13. The van der Waals surface area contributed by atoms with Crippen LogP contribution in [-0.2, 0) is 29.4 Å². The van der Waals surface area contributed by atoms with Crippen LogP contribution in [0.15, 0.2) is 42.5 Å². The van der Waals surface area contributed by atoms with Crippen molar-refractivity contribution in [3.05, 3.63) is 87.9 Å². The number of carbonyl (C=O) groups excluding carboxylic acids is 1. The summed E-state index contributed by atoms with van der Waals surface area (Å²) in [7, 11) is 0. The van der Waals surface area contributed by atoms with Crippen LogP contribution in [0.5, 0.6) is 0 Å². The maximum Gasteiger partial charge on any atom is 0.407 e. The highest BCUT2D eigenvalue weighted by molar-refractivity contribution is 5.68. The maximum absolute atomic E-state index is 13.9. The number of benzene rings is 2. The molecule has 4 rings (SSSR count). The lowest BCUT2D eigenvalue weighted by atomic mass is 9.79. The van der Waals surface area contributed by atoms with Gasteiger partial charge in [0.2, 0.25) is 0 Å². The van der Waals surface area contributed by atoms with Crippen LogP contribution in [0.25, 0.3) is 0 Å². The third-order valence-electron chi connectivity index (χ3n) is 7.63. The van der Waals surface area contributed by atoms with Crippen molar-refractivity contribution in [1.82, 2.24) is 15.3 Å². The minimum absolute atomic E-state index is 0.0100. The van der Waals surface area contributed by atoms with E-state index in [2.05, 4.69) is 60.7 Å². The van der Waals surface area contributed by atoms with Gasteiger partial charge in [-0.2, -0.15) is 0 Å². The second kappa shape index (κ2) is 13.0. The van der Waals surface area contributed by atoms with E-state index in [0.29, 0.717) is 23.1 Å². The highest BCUT2D eigenvalue weighted by Gasteiger charge is 2.28. The summed E-state index contributed by atoms with van der Waals surface area (Å²) in [4.78, 5) is 22.0. The molecule has 1 amide bonds. The van der Waals surface area contributed by atoms with Crippen molar-refractivity contribution in [1.29, 1.82) is 0 Å². The Morgan fingerprint density at radius 3 is 2.42 bits per heavy atom. The van der Waals surface area contributed by atoms with Crippen LogP contribution in [0.2, 0.25) is 0 Å². The zero-order chi connectivity index (χ0) is 31.5. The van der Waals surface area contributed by atoms with E-state index in [4.69, 9.17) is 9.72 Å². The van der Waals surface area contributed by atoms with E-state index in [0.717, 1.165) is 36.6 Å². The molecule has 0 spiro atoms. The van der Waals surface area contributed by atoms with Gasteiger partial charge in [0, 0.05) is 23.9 Å². The van der Waals surface area contributed by atoms with E-state index in [9.17, 15) is 18.7 Å². The minimum Gasteiger partial charge on any atom is -0.444 e. The van der Waals surface area contributed by atoms with Crippen molar-refractivity contribution in [2.24, 2.45) is 0 Å². The van der Waals surface area contributed by atoms with Crippen LogP contribution in [0.4, 0.5) is 19.4 Å². The number of carbonyl (C=O) groups is 1. The number of aliphatic hydroxyl groups is 1. The van der Waals surface area contributed by atoms with Crippen LogP contribution in [0, 0.1) is 18.6 Å². The highest BCUT2D eigenvalue weighted by Crippen LogP contribution is 2.36. The zero-order valence-corrected chi connectivity index (χ0v) is 26.2. The van der Waals surface area contributed by atoms with Gasteiger partial charge >= 0.3 is 6.09 Å². The molecule has 3 atom stereocenters. The van der Waals surface area contributed by atoms with Gasteiger partial charge in [-0.15, -0.1) is 0 Å². The molecule has 7 nitrogen and oxygen atoms in total. The Bertz CT molecular complexity index is 1430. The van der Waals surface area contributed by atoms with Crippen molar-refractivity contribution < 1.29 is 23.4 Å². The first-order valence-corrected chi connectivity index (χ1v) is 14.9. The van der Waals surface area contributed by atoms with E-state index in [1.54, 1.807) is 20.8 Å². The number of rotatable bonds is 8. The topological polar surface area (TPSA) is 96.4 Å². The monoisotopic (exact) mass is 594 g/mol. The smallest absolute Gasteiger partial charge is 0.407 e. The number of hydrogen-bond acceptors (Lipinski definition) is 6. The fourth-order valence-corrected chi connectivity index (χ4v) is 5.49. The van der Waals surface area contributed by atoms with Gasteiger partial charge in [0.25, 0.3) is 0 Å². The Hall–Kier alpha value is -3.59. The van der Waals surface area contributed by atoms with E-state index >= 15 is 0 Å². The SMILES string of the molecule is Cc1nc2c(c(NCC(O)C(Cc3cc(F)cc(F)c3)NC(=O)OC(C)(C)C)n1)CC(c1cccc(C(C)(C)C)c1)CC2. The number of ether oxygens (including phenoxy) is 1. The van der Waals surface area contributed by atoms with Crippen LogP contribution < -0.4 is 10.6 Å². The Balaban J connectivity index is 1.54. The van der Waals surface area contributed by atoms with Gasteiger partial charge in [-0.3, -0.25) is 0 Å². The van der Waals surface area contributed by atoms with Gasteiger partial charge in [-0.05, 0) is 93.5 Å². The average Bonchev–Trinajstić information content (AvgIpc) is 2.89. The van der Waals surface area contributed by atoms with Crippen molar-refractivity contribution in [3.63, 3.8) is 0 Å². The third kappa shape index (κ3) is 8.95. The zero-order valence-electron chi connectivity index (χ0n) is 26.2. The summed E-state index contributed by atoms with van der Waals surface area (Å²) < 4.78 is 33.2. The third-order valence-corrected chi connectivity index (χ3v) is 7.63. The number of aliphatic hydroxyl groups excluding tert-OH is 1. The van der Waals surface area contributed by atoms with Crippen LogP contribution >= 0.6 is 0 Å². The number of fused-ring (bicyclic) bond motifs is 1. The lowest BCUT2D eigenvalue weighted by molar-refractivity contribution is 0.0433. The molecule has 0 saturated carbocycles. The van der Waals surface area contributed by atoms with Gasteiger partial charge < -0.3 is 20.5 Å². The molecule has 1 aliphatic rings. The fourth-order valence-electron chi connectivity index (χ4n) is 5.49. The molecule has 1 aliphatic carbocycles. The number of aromatic nitrogens is 2. The van der Waals surface area contributed by atoms with Crippen molar-refractivity contribution in [2.75, 3.05) is 11.9 Å². The maximum atomic E-state index is 13.9. The Kier molecular flexibility index (Phi) is 9.74. The van der Waals surface area contributed by atoms with Crippen LogP contribution in [-0.4, -0.2) is 45.5 Å². The van der Waals surface area contributed by atoms with Crippen molar-refractivity contribution in [3.8, 4) is 0 Å². The standard InChI is InChI=1S/C34H44F2N4O3/c1-20-38-28-12-11-23(22-9-8-10-24(16-22)33(2,3)4)17-27(28)31(39-20)37-19-30(41)29(40-32(42)43-34(5,6)7)15-21-13-25(35)18-26(36)14-21/h8-10,13-14,16,18,23,29-30,41H,11-12,15,17,19H2,1-7H3,(H,40,42)(H,37,38,39). The van der Waals surface area contributed by atoms with E-state index < -0.39 is 35.5 Å². The first-order valence-electron chi connectivity index (χ1n) is 14.9. The molecule has 0 bridgehead atoms. The van der Waals surface area contributed by atoms with E-state index in [-0.39, 0.29) is 18.4 Å². The predicted octanol–water partition coefficient (Wildman–Crippen LogP) is 6.54. The summed E-state index contributed by atoms with van der Waals surface area (Å²) in [5.74, 6) is 0.110. The van der Waals surface area contributed by atoms with Crippen molar-refractivity contribution in [2.45, 2.75) is 103 Å². The molecule has 1 aromatic heterocycles. The number of anilines is 1. The van der Waals surface area contributed by atoms with E-state index in [1.165, 1.54) is 23.3 Å². The number of nitrogens with one attached hydrogen (secondary N) is 2. The largest absolute Gasteiger partial charge is 0.444 e. The summed E-state index contributed by atoms with van der Waals surface area (Å²) in [5, 5.41) is 17.2. The summed E-state index contributed by atoms with van der Waals surface area (Å²) in [5.41, 5.74) is 4.17. The second-order valence-electron chi connectivity index (χ2n) is 13.5. The number of hydrogen-bond donors (Lipinski definition) is 3. The van der Waals surface area contributed by atoms with Gasteiger partial charge in [-0.1, -0.05) is 45.0 Å². The lowest BCUT2D eigenvalue weighted by Gasteiger charge is -2.29. The molecule has 232 valence electrons. The van der Waals surface area contributed by atoms with Gasteiger partial charge in [-0.25, -0.2) is 23.5 Å². The first kappa shape index (κ1) is 32.3. The molecule has 43 heavy (non-hydrogen) atoms. The second-order valence-corrected chi connectivity index (χ2v) is 13.5. The van der Waals surface area contributed by atoms with Crippen molar-refractivity contribution >= 4 is 11.9 Å². The normalized spacial score (nSPS) is 16.7. The van der Waals surface area contributed by atoms with Gasteiger partial charge in [0.15, 0.2) is 0 Å². The summed E-state index contributed by atoms with van der Waals surface area (Å²) in [6.45, 7) is 13.7. The quantitative estimate of drug-likeness (QED) is 0.274. The molecule has 3 aromatic rings. The number of nitrogens with zero attached hydrogens (tertiary/aromatic N) is 2. The van der Waals surface area contributed by atoms with Crippen LogP contribution in [0.1, 0.15) is 87.7 Å². The predicted molar refractivity (Wildman–Crippen MR) is 164 cm³/mol. The molecule has 0 radical (unpaired) electrons. The van der Waals surface area contributed by atoms with Crippen LogP contribution in [0.3, 0.4) is 0 Å². The van der Waals surface area contributed by atoms with Gasteiger partial charge in [0.05, 0.1) is 12.1 Å². The Morgan fingerprint density at radius 2 is 1.77 bits per heavy atom. The lowest BCUT2D eigenvalue weighted by Crippen LogP contribution is -2.49. The summed E-state index contributed by atoms with van der Waals surface area (Å²) in [6, 6.07) is 11.0. The fraction of sp³-hybridized carbons (Fsp3) is 0.500. The molecule has 2 aromatic carbocycles. The highest BCUT2D eigenvalue weighted by atomic mass is 19.1. The average molecular weight is 595 g/mol.